The van der Waals surface area contributed by atoms with E-state index in [4.69, 9.17) is 13.9 Å². The number of rotatable bonds is 2. The van der Waals surface area contributed by atoms with E-state index >= 15 is 0 Å². The maximum atomic E-state index is 14.4. The summed E-state index contributed by atoms with van der Waals surface area (Å²) in [6.45, 7) is 5.32. The summed E-state index contributed by atoms with van der Waals surface area (Å²) < 4.78 is 17.0. The highest BCUT2D eigenvalue weighted by Crippen LogP contribution is 2.74. The van der Waals surface area contributed by atoms with Gasteiger partial charge in [0.05, 0.1) is 37.4 Å². The second-order valence-electron chi connectivity index (χ2n) is 12.6. The van der Waals surface area contributed by atoms with Gasteiger partial charge in [-0.05, 0) is 24.0 Å². The van der Waals surface area contributed by atoms with Gasteiger partial charge in [-0.1, -0.05) is 20.8 Å². The highest BCUT2D eigenvalue weighted by atomic mass is 16.7. The molecule has 5 fully saturated rings. The molecule has 4 saturated carbocycles. The number of Topliss-reactive ketones (excluding diaryl/α,β-unsaturated/α-hetero) is 2. The number of methoxy groups -OCH3 is 1. The van der Waals surface area contributed by atoms with E-state index in [1.165, 1.54) is 13.4 Å². The molecule has 1 aromatic heterocycles. The molecule has 198 valence electrons. The van der Waals surface area contributed by atoms with E-state index < -0.39 is 81.8 Å². The first-order chi connectivity index (χ1) is 16.9. The molecule has 1 aromatic rings. The van der Waals surface area contributed by atoms with Crippen LogP contribution in [0.15, 0.2) is 23.0 Å². The highest BCUT2D eigenvalue weighted by molar-refractivity contribution is 5.96. The third kappa shape index (κ3) is 2.48. The van der Waals surface area contributed by atoms with Crippen LogP contribution in [-0.2, 0) is 19.1 Å². The van der Waals surface area contributed by atoms with E-state index in [0.717, 1.165) is 5.56 Å². The Labute approximate surface area is 209 Å². The second kappa shape index (κ2) is 7.48. The van der Waals surface area contributed by atoms with Crippen molar-refractivity contribution in [2.24, 2.45) is 39.4 Å². The largest absolute Gasteiger partial charge is 0.472 e. The Morgan fingerprint density at radius 2 is 1.64 bits per heavy atom. The molecule has 2 heterocycles. The lowest BCUT2D eigenvalue weighted by atomic mass is 9.33. The molecule has 0 amide bonds. The molecule has 13 atom stereocenters. The zero-order valence-corrected chi connectivity index (χ0v) is 21.1. The molecule has 0 unspecified atom stereocenters. The standard InChI is InChI=1S/C27H36O9/c1-24-13(12-5-6-35-10-12)7-14(28)20(24)26(3)16(29)8-15-25(2)17(30)9-18(31)27(15,11-36-23(25)34-4)21(26)19(32)22(24)33/h5-6,10,13,15-18,20-23,29-31,33H,7-9,11H2,1-4H3/t13-,15-,16+,17+,18-,20+,21-,22-,23+,24-,25+,26-,27+/m0/s1. The fraction of sp³-hybridized carbons (Fsp3) is 0.778. The molecule has 9 heteroatoms. The third-order valence-electron chi connectivity index (χ3n) is 11.5. The molecule has 0 radical (unpaired) electrons. The molecule has 5 aliphatic rings. The molecule has 0 aromatic carbocycles. The fourth-order valence-corrected chi connectivity index (χ4v) is 9.96. The number of carbonyl (C=O) groups is 2. The molecule has 1 saturated heterocycles. The van der Waals surface area contributed by atoms with Gasteiger partial charge in [-0.25, -0.2) is 0 Å². The van der Waals surface area contributed by atoms with Crippen LogP contribution in [0.3, 0.4) is 0 Å². The van der Waals surface area contributed by atoms with E-state index in [-0.39, 0.29) is 31.7 Å². The van der Waals surface area contributed by atoms with Gasteiger partial charge in [0.2, 0.25) is 0 Å². The van der Waals surface area contributed by atoms with Crippen molar-refractivity contribution >= 4 is 11.6 Å². The summed E-state index contributed by atoms with van der Waals surface area (Å²) in [5, 5.41) is 46.3. The van der Waals surface area contributed by atoms with Crippen LogP contribution in [0.1, 0.15) is 51.5 Å². The Hall–Kier alpha value is -1.62. The molecular formula is C27H36O9. The maximum absolute atomic E-state index is 14.4. The number of carbonyl (C=O) groups excluding carboxylic acids is 2. The van der Waals surface area contributed by atoms with Crippen molar-refractivity contribution in [1.82, 2.24) is 0 Å². The Bertz CT molecular complexity index is 1090. The molecule has 4 N–H and O–H groups in total. The Morgan fingerprint density at radius 1 is 0.944 bits per heavy atom. The number of aliphatic hydroxyl groups is 4. The van der Waals surface area contributed by atoms with Gasteiger partial charge in [0, 0.05) is 59.4 Å². The summed E-state index contributed by atoms with van der Waals surface area (Å²) in [6, 6.07) is 1.75. The van der Waals surface area contributed by atoms with Crippen LogP contribution in [0.2, 0.25) is 0 Å². The van der Waals surface area contributed by atoms with Crippen molar-refractivity contribution in [3.05, 3.63) is 24.2 Å². The van der Waals surface area contributed by atoms with Crippen molar-refractivity contribution in [3.8, 4) is 0 Å². The van der Waals surface area contributed by atoms with Crippen molar-refractivity contribution in [2.45, 2.75) is 76.7 Å². The summed E-state index contributed by atoms with van der Waals surface area (Å²) >= 11 is 0. The number of hydrogen-bond donors (Lipinski definition) is 4. The summed E-state index contributed by atoms with van der Waals surface area (Å²) in [6.07, 6.45) is -2.12. The molecular weight excluding hydrogens is 468 g/mol. The van der Waals surface area contributed by atoms with Gasteiger partial charge in [0.15, 0.2) is 12.1 Å². The Kier molecular flexibility index (Phi) is 5.14. The third-order valence-corrected chi connectivity index (χ3v) is 11.5. The van der Waals surface area contributed by atoms with Gasteiger partial charge in [0.25, 0.3) is 0 Å². The van der Waals surface area contributed by atoms with Gasteiger partial charge in [-0.2, -0.15) is 0 Å². The number of furan rings is 1. The van der Waals surface area contributed by atoms with E-state index in [2.05, 4.69) is 0 Å². The van der Waals surface area contributed by atoms with Crippen LogP contribution >= 0.6 is 0 Å². The number of ketones is 2. The molecule has 2 bridgehead atoms. The quantitative estimate of drug-likeness (QED) is 0.464. The van der Waals surface area contributed by atoms with E-state index in [1.807, 2.05) is 6.92 Å². The number of ether oxygens (including phenoxy) is 2. The SMILES string of the molecule is CO[C@@H]1OC[C@]23[C@@H](O)C[C@@H](O)[C@@]1(C)[C@@H]2C[C@@H](O)[C@@]1(C)[C@@H]2C(=O)C[C@@H](c4ccoc4)[C@]2(C)[C@@H](O)C(=O)[C@@H]13. The van der Waals surface area contributed by atoms with Crippen LogP contribution in [0.5, 0.6) is 0 Å². The van der Waals surface area contributed by atoms with Crippen molar-refractivity contribution in [2.75, 3.05) is 13.7 Å². The summed E-state index contributed by atoms with van der Waals surface area (Å²) in [7, 11) is 1.48. The van der Waals surface area contributed by atoms with E-state index in [1.54, 1.807) is 26.2 Å². The van der Waals surface area contributed by atoms with Crippen LogP contribution < -0.4 is 0 Å². The molecule has 6 rings (SSSR count). The molecule has 36 heavy (non-hydrogen) atoms. The van der Waals surface area contributed by atoms with Gasteiger partial charge >= 0.3 is 0 Å². The maximum Gasteiger partial charge on any atom is 0.166 e. The lowest BCUT2D eigenvalue weighted by Crippen LogP contribution is -2.80. The van der Waals surface area contributed by atoms with Crippen LogP contribution in [-0.4, -0.2) is 76.4 Å². The van der Waals surface area contributed by atoms with Gasteiger partial charge in [0.1, 0.15) is 11.9 Å². The molecule has 0 spiro atoms. The minimum atomic E-state index is -1.49. The monoisotopic (exact) mass is 504 g/mol. The van der Waals surface area contributed by atoms with E-state index in [0.29, 0.717) is 0 Å². The summed E-state index contributed by atoms with van der Waals surface area (Å²) in [5.41, 5.74) is -3.85. The minimum absolute atomic E-state index is 0.00972. The number of fused-ring (bicyclic) bond motifs is 3. The molecule has 1 aliphatic heterocycles. The fourth-order valence-electron chi connectivity index (χ4n) is 9.96. The molecule has 9 nitrogen and oxygen atoms in total. The van der Waals surface area contributed by atoms with Crippen LogP contribution in [0.4, 0.5) is 0 Å². The van der Waals surface area contributed by atoms with E-state index in [9.17, 15) is 30.0 Å². The summed E-state index contributed by atoms with van der Waals surface area (Å²) in [4.78, 5) is 28.1. The van der Waals surface area contributed by atoms with Crippen molar-refractivity contribution < 1.29 is 43.9 Å². The zero-order chi connectivity index (χ0) is 26.0. The minimum Gasteiger partial charge on any atom is -0.472 e. The second-order valence-corrected chi connectivity index (χ2v) is 12.6. The lowest BCUT2D eigenvalue weighted by Gasteiger charge is -2.72. The highest BCUT2D eigenvalue weighted by Gasteiger charge is 2.81. The Morgan fingerprint density at radius 3 is 2.28 bits per heavy atom. The van der Waals surface area contributed by atoms with Gasteiger partial charge in [-0.3, -0.25) is 9.59 Å². The average Bonchev–Trinajstić information content (AvgIpc) is 3.45. The van der Waals surface area contributed by atoms with Gasteiger partial charge in [-0.15, -0.1) is 0 Å². The topological polar surface area (TPSA) is 147 Å². The number of aliphatic hydroxyl groups excluding tert-OH is 4. The predicted molar refractivity (Wildman–Crippen MR) is 123 cm³/mol. The lowest BCUT2D eigenvalue weighted by molar-refractivity contribution is -0.375. The average molecular weight is 505 g/mol. The van der Waals surface area contributed by atoms with Crippen LogP contribution in [0, 0.1) is 39.4 Å². The number of hydrogen-bond acceptors (Lipinski definition) is 9. The first kappa shape index (κ1) is 24.7. The predicted octanol–water partition coefficient (Wildman–Crippen LogP) is 1.03. The normalized spacial score (nSPS) is 56.2. The summed E-state index contributed by atoms with van der Waals surface area (Å²) in [5.74, 6) is -3.44. The van der Waals surface area contributed by atoms with Crippen LogP contribution in [0.25, 0.3) is 0 Å². The smallest absolute Gasteiger partial charge is 0.166 e. The van der Waals surface area contributed by atoms with Gasteiger partial charge < -0.3 is 34.3 Å². The first-order valence-corrected chi connectivity index (χ1v) is 12.9. The zero-order valence-electron chi connectivity index (χ0n) is 21.1. The molecule has 4 aliphatic carbocycles. The van der Waals surface area contributed by atoms with Crippen molar-refractivity contribution in [3.63, 3.8) is 0 Å². The van der Waals surface area contributed by atoms with Crippen molar-refractivity contribution in [1.29, 1.82) is 0 Å². The Balaban J connectivity index is 1.55. The first-order valence-electron chi connectivity index (χ1n) is 12.9.